The largest absolute Gasteiger partial charge is 0.425 e. The number of hydrogen-bond donors (Lipinski definition) is 2. The number of rotatable bonds is 7. The number of aromatic amines is 1. The zero-order valence-electron chi connectivity index (χ0n) is 22.3. The van der Waals surface area contributed by atoms with E-state index in [-0.39, 0.29) is 17.1 Å². The number of nitrogens with one attached hydrogen (secondary N) is 2. The van der Waals surface area contributed by atoms with Crippen molar-refractivity contribution in [3.63, 3.8) is 0 Å². The highest BCUT2D eigenvalue weighted by Gasteiger charge is 2.29. The molecular weight excluding hydrogens is 540 g/mol. The molecule has 0 saturated carbocycles. The fourth-order valence-electron chi connectivity index (χ4n) is 5.02. The molecule has 0 amide bonds. The molecule has 9 heteroatoms. The topological polar surface area (TPSA) is 118 Å². The maximum Gasteiger partial charge on any atom is 0.344 e. The van der Waals surface area contributed by atoms with E-state index in [4.69, 9.17) is 9.15 Å². The Balaban J connectivity index is 1.37. The molecular formula is C32H26N2O6S. The van der Waals surface area contributed by atoms with E-state index in [1.807, 2.05) is 43.3 Å². The zero-order chi connectivity index (χ0) is 28.7. The minimum atomic E-state index is -4.07. The number of fused-ring (bicyclic) bond motifs is 4. The molecule has 0 radical (unpaired) electrons. The normalized spacial score (nSPS) is 12.6. The average molecular weight is 567 g/mol. The van der Waals surface area contributed by atoms with Crippen molar-refractivity contribution in [3.8, 4) is 5.75 Å². The molecule has 206 valence electrons. The minimum Gasteiger partial charge on any atom is -0.425 e. The highest BCUT2D eigenvalue weighted by molar-refractivity contribution is 7.89. The number of benzene rings is 4. The Morgan fingerprint density at radius 3 is 2.32 bits per heavy atom. The van der Waals surface area contributed by atoms with Crippen LogP contribution in [0.15, 0.2) is 105 Å². The lowest BCUT2D eigenvalue weighted by molar-refractivity contribution is -0.136. The monoisotopic (exact) mass is 566 g/mol. The lowest BCUT2D eigenvalue weighted by atomic mass is 10.0. The molecule has 0 spiro atoms. The van der Waals surface area contributed by atoms with E-state index < -0.39 is 27.7 Å². The Labute approximate surface area is 235 Å². The summed E-state index contributed by atoms with van der Waals surface area (Å²) in [5, 5.41) is 2.75. The van der Waals surface area contributed by atoms with Gasteiger partial charge in [-0.15, -0.1) is 0 Å². The van der Waals surface area contributed by atoms with E-state index in [2.05, 4.69) is 9.71 Å². The van der Waals surface area contributed by atoms with Crippen LogP contribution in [0.25, 0.3) is 32.6 Å². The van der Waals surface area contributed by atoms with Gasteiger partial charge in [-0.1, -0.05) is 54.1 Å². The molecule has 6 aromatic rings. The molecule has 1 atom stereocenters. The van der Waals surface area contributed by atoms with Crippen LogP contribution in [0.2, 0.25) is 0 Å². The van der Waals surface area contributed by atoms with Crippen LogP contribution in [0.5, 0.6) is 5.75 Å². The average Bonchev–Trinajstić information content (AvgIpc) is 3.37. The van der Waals surface area contributed by atoms with Crippen molar-refractivity contribution in [3.05, 3.63) is 118 Å². The van der Waals surface area contributed by atoms with Gasteiger partial charge in [-0.3, -0.25) is 0 Å². The molecule has 0 fully saturated rings. The van der Waals surface area contributed by atoms with E-state index >= 15 is 0 Å². The molecule has 8 nitrogen and oxygen atoms in total. The van der Waals surface area contributed by atoms with Gasteiger partial charge in [0.25, 0.3) is 0 Å². The second-order valence-corrected chi connectivity index (χ2v) is 11.7. The van der Waals surface area contributed by atoms with Gasteiger partial charge in [-0.2, -0.15) is 4.72 Å². The third-order valence-electron chi connectivity index (χ3n) is 7.21. The number of esters is 1. The third-order valence-corrected chi connectivity index (χ3v) is 8.70. The van der Waals surface area contributed by atoms with Gasteiger partial charge in [0.1, 0.15) is 17.4 Å². The maximum absolute atomic E-state index is 13.7. The molecule has 2 aromatic heterocycles. The van der Waals surface area contributed by atoms with Crippen LogP contribution >= 0.6 is 0 Å². The predicted molar refractivity (Wildman–Crippen MR) is 158 cm³/mol. The van der Waals surface area contributed by atoms with Gasteiger partial charge in [0.05, 0.1) is 10.3 Å². The number of hydrogen-bond acceptors (Lipinski definition) is 6. The number of ether oxygens (including phenoxy) is 1. The number of H-pyrrole nitrogens is 1. The summed E-state index contributed by atoms with van der Waals surface area (Å²) in [4.78, 5) is 29.5. The Morgan fingerprint density at radius 2 is 1.56 bits per heavy atom. The summed E-state index contributed by atoms with van der Waals surface area (Å²) in [5.41, 5.74) is 2.77. The smallest absolute Gasteiger partial charge is 0.344 e. The van der Waals surface area contributed by atoms with E-state index in [1.54, 1.807) is 49.5 Å². The molecule has 0 aliphatic rings. The molecule has 6 rings (SSSR count). The molecule has 0 bridgehead atoms. The first-order valence-corrected chi connectivity index (χ1v) is 14.5. The van der Waals surface area contributed by atoms with E-state index in [9.17, 15) is 18.0 Å². The van der Waals surface area contributed by atoms with Gasteiger partial charge in [-0.05, 0) is 61.2 Å². The molecule has 0 aliphatic carbocycles. The number of aromatic nitrogens is 1. The van der Waals surface area contributed by atoms with Gasteiger partial charge in [0, 0.05) is 34.5 Å². The SMILES string of the molecule is Cc1ccc(S(=O)(=O)N[C@H](Cc2c[nH]c3ccccc23)C(=O)Oc2ccc3c(oc(=O)c4ccccc43)c2C)cc1. The Bertz CT molecular complexity index is 2110. The number of carbonyl (C=O) groups excluding carboxylic acids is 1. The van der Waals surface area contributed by atoms with Crippen LogP contribution in [-0.4, -0.2) is 25.4 Å². The first-order chi connectivity index (χ1) is 19.7. The van der Waals surface area contributed by atoms with Crippen molar-refractivity contribution < 1.29 is 22.4 Å². The first kappa shape index (κ1) is 26.5. The van der Waals surface area contributed by atoms with Crippen LogP contribution in [0.3, 0.4) is 0 Å². The summed E-state index contributed by atoms with van der Waals surface area (Å²) in [6.07, 6.45) is 1.80. The summed E-state index contributed by atoms with van der Waals surface area (Å²) >= 11 is 0. The van der Waals surface area contributed by atoms with Crippen molar-refractivity contribution in [1.82, 2.24) is 9.71 Å². The van der Waals surface area contributed by atoms with Gasteiger partial charge in [0.15, 0.2) is 0 Å². The fourth-order valence-corrected chi connectivity index (χ4v) is 6.20. The lowest BCUT2D eigenvalue weighted by Gasteiger charge is -2.19. The van der Waals surface area contributed by atoms with Crippen LogP contribution in [0.4, 0.5) is 0 Å². The van der Waals surface area contributed by atoms with Gasteiger partial charge < -0.3 is 14.1 Å². The summed E-state index contributed by atoms with van der Waals surface area (Å²) in [5.74, 6) is -0.629. The maximum atomic E-state index is 13.7. The number of aryl methyl sites for hydroxylation is 2. The standard InChI is InChI=1S/C32H26N2O6S/c1-19-11-13-22(14-12-19)41(37,38)34-28(17-21-18-33-27-10-6-5-7-23(21)27)32(36)39-29-16-15-25-24-8-3-4-9-26(24)31(35)40-30(25)20(29)2/h3-16,18,28,33-34H,17H2,1-2H3/t28-/m1/s1. The lowest BCUT2D eigenvalue weighted by Crippen LogP contribution is -2.44. The van der Waals surface area contributed by atoms with Crippen molar-refractivity contribution in [2.24, 2.45) is 0 Å². The Kier molecular flexibility index (Phi) is 6.69. The third kappa shape index (κ3) is 5.01. The Hall–Kier alpha value is -4.73. The van der Waals surface area contributed by atoms with E-state index in [0.29, 0.717) is 21.9 Å². The van der Waals surface area contributed by atoms with Crippen molar-refractivity contribution >= 4 is 48.6 Å². The molecule has 0 saturated heterocycles. The second kappa shape index (κ2) is 10.3. The predicted octanol–water partition coefficient (Wildman–Crippen LogP) is 5.54. The van der Waals surface area contributed by atoms with Crippen LogP contribution in [-0.2, 0) is 21.2 Å². The molecule has 4 aromatic carbocycles. The van der Waals surface area contributed by atoms with Gasteiger partial charge in [-0.25, -0.2) is 18.0 Å². The summed E-state index contributed by atoms with van der Waals surface area (Å²) < 4.78 is 40.6. The van der Waals surface area contributed by atoms with Crippen LogP contribution in [0, 0.1) is 13.8 Å². The first-order valence-electron chi connectivity index (χ1n) is 13.0. The number of sulfonamides is 1. The minimum absolute atomic E-state index is 0.0374. The zero-order valence-corrected chi connectivity index (χ0v) is 23.1. The molecule has 41 heavy (non-hydrogen) atoms. The number of carbonyl (C=O) groups is 1. The van der Waals surface area contributed by atoms with Gasteiger partial charge in [0.2, 0.25) is 10.0 Å². The van der Waals surface area contributed by atoms with Crippen molar-refractivity contribution in [1.29, 1.82) is 0 Å². The highest BCUT2D eigenvalue weighted by Crippen LogP contribution is 2.31. The summed E-state index contributed by atoms with van der Waals surface area (Å²) in [7, 11) is -4.07. The number of para-hydroxylation sites is 1. The summed E-state index contributed by atoms with van der Waals surface area (Å²) in [6.45, 7) is 3.55. The van der Waals surface area contributed by atoms with Crippen molar-refractivity contribution in [2.45, 2.75) is 31.2 Å². The molecule has 0 aliphatic heterocycles. The summed E-state index contributed by atoms with van der Waals surface area (Å²) in [6, 6.07) is 23.1. The van der Waals surface area contributed by atoms with Crippen LogP contribution in [0.1, 0.15) is 16.7 Å². The quantitative estimate of drug-likeness (QED) is 0.113. The second-order valence-electron chi connectivity index (χ2n) is 9.97. The molecule has 2 N–H and O–H groups in total. The molecule has 2 heterocycles. The van der Waals surface area contributed by atoms with Crippen molar-refractivity contribution in [2.75, 3.05) is 0 Å². The fraction of sp³-hybridized carbons (Fsp3) is 0.125. The van der Waals surface area contributed by atoms with Gasteiger partial charge >= 0.3 is 11.6 Å². The van der Waals surface area contributed by atoms with E-state index in [1.165, 1.54) is 12.1 Å². The van der Waals surface area contributed by atoms with Crippen LogP contribution < -0.4 is 15.1 Å². The van der Waals surface area contributed by atoms with E-state index in [0.717, 1.165) is 27.4 Å². The molecule has 0 unspecified atom stereocenters. The highest BCUT2D eigenvalue weighted by atomic mass is 32.2. The Morgan fingerprint density at radius 1 is 0.878 bits per heavy atom.